The van der Waals surface area contributed by atoms with Gasteiger partial charge in [0, 0.05) is 11.2 Å². The van der Waals surface area contributed by atoms with Crippen LogP contribution in [-0.4, -0.2) is 66.4 Å². The molecule has 0 radical (unpaired) electrons. The first-order valence-corrected chi connectivity index (χ1v) is 15.1. The number of fused-ring (bicyclic) bond motifs is 2. The van der Waals surface area contributed by atoms with Gasteiger partial charge in [0.2, 0.25) is 12.7 Å². The van der Waals surface area contributed by atoms with E-state index in [4.69, 9.17) is 20.3 Å². The largest absolute Gasteiger partial charge is 0.616 e. The second-order valence-corrected chi connectivity index (χ2v) is 13.9. The predicted molar refractivity (Wildman–Crippen MR) is 144 cm³/mol. The minimum Gasteiger partial charge on any atom is -0.616 e. The monoisotopic (exact) mass is 540 g/mol. The minimum atomic E-state index is -0.953. The molecule has 36 heavy (non-hydrogen) atoms. The number of aliphatic carboxylic acids is 1. The van der Waals surface area contributed by atoms with E-state index < -0.39 is 34.0 Å². The van der Waals surface area contributed by atoms with Crippen molar-refractivity contribution >= 4 is 34.8 Å². The summed E-state index contributed by atoms with van der Waals surface area (Å²) < 4.78 is 22.6. The van der Waals surface area contributed by atoms with Gasteiger partial charge >= 0.3 is 5.97 Å². The van der Waals surface area contributed by atoms with Gasteiger partial charge in [0.15, 0.2) is 11.5 Å². The topological polar surface area (TPSA) is 125 Å². The Morgan fingerprint density at radius 2 is 1.92 bits per heavy atom. The minimum absolute atomic E-state index is 0.154. The molecule has 3 N–H and O–H groups in total. The maximum atomic E-state index is 12.3. The Labute approximate surface area is 221 Å². The number of nitrogens with zero attached hydrogens (tertiary/aromatic N) is 1. The van der Waals surface area contributed by atoms with Crippen molar-refractivity contribution < 1.29 is 28.7 Å². The molecule has 0 spiro atoms. The lowest BCUT2D eigenvalue weighted by atomic mass is 9.96. The van der Waals surface area contributed by atoms with Crippen LogP contribution in [0.2, 0.25) is 0 Å². The Bertz CT molecular complexity index is 914. The number of carboxylic acid groups (broad SMARTS) is 1. The lowest BCUT2D eigenvalue weighted by Crippen LogP contribution is -2.68. The Kier molecular flexibility index (Phi) is 10.3. The van der Waals surface area contributed by atoms with Crippen LogP contribution in [0.1, 0.15) is 71.8 Å². The van der Waals surface area contributed by atoms with Gasteiger partial charge in [0.05, 0.1) is 0 Å². The van der Waals surface area contributed by atoms with E-state index >= 15 is 0 Å². The van der Waals surface area contributed by atoms with Crippen LogP contribution in [0, 0.1) is 0 Å². The molecule has 4 rings (SSSR count). The van der Waals surface area contributed by atoms with Crippen LogP contribution in [0.5, 0.6) is 11.5 Å². The van der Waals surface area contributed by atoms with Gasteiger partial charge in [-0.1, -0.05) is 49.8 Å². The molecule has 8 nitrogen and oxygen atoms in total. The first kappa shape index (κ1) is 28.9. The van der Waals surface area contributed by atoms with Crippen LogP contribution in [0.15, 0.2) is 18.2 Å². The van der Waals surface area contributed by atoms with Gasteiger partial charge in [-0.25, -0.2) is 4.79 Å². The Morgan fingerprint density at radius 1 is 1.25 bits per heavy atom. The SMILES string of the molecule is CC1(C)S[C@@H]2[C@H](N)C(=O)N2[C@H]1C(=O)O.CCCCCCCC[S+]([O-])C(C)Cc1ccc2c(c1)OCO2. The van der Waals surface area contributed by atoms with Gasteiger partial charge < -0.3 is 29.8 Å². The number of hydrogen-bond donors (Lipinski definition) is 2. The number of hydrogen-bond acceptors (Lipinski definition) is 7. The van der Waals surface area contributed by atoms with Crippen molar-refractivity contribution in [1.82, 2.24) is 4.90 Å². The fourth-order valence-corrected chi connectivity index (χ4v) is 7.60. The molecule has 0 bridgehead atoms. The molecular weight excluding hydrogens is 500 g/mol. The Balaban J connectivity index is 0.000000221. The van der Waals surface area contributed by atoms with Gasteiger partial charge in [0.25, 0.3) is 0 Å². The van der Waals surface area contributed by atoms with Crippen molar-refractivity contribution in [3.8, 4) is 11.5 Å². The van der Waals surface area contributed by atoms with E-state index in [0.29, 0.717) is 6.79 Å². The molecule has 1 aromatic rings. The molecule has 0 saturated carbocycles. The van der Waals surface area contributed by atoms with E-state index in [2.05, 4.69) is 13.8 Å². The predicted octanol–water partition coefficient (Wildman–Crippen LogP) is 3.92. The lowest BCUT2D eigenvalue weighted by molar-refractivity contribution is -0.159. The van der Waals surface area contributed by atoms with Crippen LogP contribution in [0.3, 0.4) is 0 Å². The smallest absolute Gasteiger partial charge is 0.327 e. The zero-order valence-electron chi connectivity index (χ0n) is 21.7. The van der Waals surface area contributed by atoms with Gasteiger partial charge in [-0.15, -0.1) is 11.8 Å². The quantitative estimate of drug-likeness (QED) is 0.246. The molecule has 0 aromatic heterocycles. The number of carbonyl (C=O) groups excluding carboxylic acids is 1. The number of nitrogens with two attached hydrogens (primary N) is 1. The molecular formula is C26H40N2O6S2. The number of β-lactam (4-membered cyclic amide) rings is 1. The standard InChI is InChI=1S/C18H28O3S.C8H12N2O3S/c1-3-4-5-6-7-8-11-22(19)15(2)12-16-9-10-17-18(13-16)21-14-20-17;1-8(2)4(7(12)13)10-5(11)3(9)6(10)14-8/h9-10,13,15H,3-8,11-12,14H2,1-2H3;3-4,6H,9H2,1-2H3,(H,12,13)/t;3-,4+,6-/m.1/s1. The zero-order chi connectivity index (χ0) is 26.5. The second kappa shape index (κ2) is 12.8. The van der Waals surface area contributed by atoms with E-state index in [9.17, 15) is 14.1 Å². The van der Waals surface area contributed by atoms with Gasteiger partial charge in [-0.05, 0) is 51.3 Å². The van der Waals surface area contributed by atoms with Crippen molar-refractivity contribution in [2.75, 3.05) is 12.5 Å². The summed E-state index contributed by atoms with van der Waals surface area (Å²) in [6.45, 7) is 8.27. The Hall–Kier alpha value is -1.62. The highest BCUT2D eigenvalue weighted by atomic mass is 32.2. The van der Waals surface area contributed by atoms with E-state index in [0.717, 1.165) is 30.1 Å². The third-order valence-electron chi connectivity index (χ3n) is 6.82. The van der Waals surface area contributed by atoms with Crippen LogP contribution < -0.4 is 15.2 Å². The number of thioether (sulfide) groups is 1. The van der Waals surface area contributed by atoms with Crippen LogP contribution in [0.25, 0.3) is 0 Å². The summed E-state index contributed by atoms with van der Waals surface area (Å²) in [6, 6.07) is 4.74. The molecule has 1 aromatic carbocycles. The second-order valence-electron chi connectivity index (χ2n) is 10.2. The molecule has 2 fully saturated rings. The number of ether oxygens (including phenoxy) is 2. The van der Waals surface area contributed by atoms with Crippen LogP contribution >= 0.6 is 11.8 Å². The van der Waals surface area contributed by atoms with Crippen LogP contribution in [-0.2, 0) is 27.2 Å². The van der Waals surface area contributed by atoms with E-state index in [-0.39, 0.29) is 16.5 Å². The highest BCUT2D eigenvalue weighted by Crippen LogP contribution is 2.50. The first-order chi connectivity index (χ1) is 17.1. The number of rotatable bonds is 11. The fourth-order valence-electron chi connectivity index (χ4n) is 4.76. The molecule has 0 aliphatic carbocycles. The van der Waals surface area contributed by atoms with Crippen LogP contribution in [0.4, 0.5) is 0 Å². The molecule has 3 heterocycles. The summed E-state index contributed by atoms with van der Waals surface area (Å²) in [5.74, 6) is 1.25. The number of carboxylic acids is 1. The normalized spacial score (nSPS) is 24.9. The molecule has 3 aliphatic rings. The number of unbranched alkanes of at least 4 members (excludes halogenated alkanes) is 5. The molecule has 1 amide bonds. The van der Waals surface area contributed by atoms with Crippen molar-refractivity contribution in [3.63, 3.8) is 0 Å². The van der Waals surface area contributed by atoms with Crippen molar-refractivity contribution in [1.29, 1.82) is 0 Å². The van der Waals surface area contributed by atoms with Crippen molar-refractivity contribution in [3.05, 3.63) is 23.8 Å². The van der Waals surface area contributed by atoms with Crippen molar-refractivity contribution in [2.45, 2.75) is 100 Å². The maximum Gasteiger partial charge on any atom is 0.327 e. The van der Waals surface area contributed by atoms with Crippen molar-refractivity contribution in [2.24, 2.45) is 5.73 Å². The van der Waals surface area contributed by atoms with E-state index in [1.54, 1.807) is 0 Å². The highest BCUT2D eigenvalue weighted by Gasteiger charge is 2.62. The van der Waals surface area contributed by atoms with Gasteiger partial charge in [0.1, 0.15) is 28.5 Å². The summed E-state index contributed by atoms with van der Waals surface area (Å²) in [7, 11) is 0. The zero-order valence-corrected chi connectivity index (χ0v) is 23.4. The summed E-state index contributed by atoms with van der Waals surface area (Å²) in [4.78, 5) is 23.8. The lowest BCUT2D eigenvalue weighted by Gasteiger charge is -2.41. The summed E-state index contributed by atoms with van der Waals surface area (Å²) in [5.41, 5.74) is 6.76. The fraction of sp³-hybridized carbons (Fsp3) is 0.692. The summed E-state index contributed by atoms with van der Waals surface area (Å²) >= 11 is 0.722. The molecule has 2 saturated heterocycles. The number of benzene rings is 1. The molecule has 5 atom stereocenters. The molecule has 2 unspecified atom stereocenters. The third kappa shape index (κ3) is 6.82. The average Bonchev–Trinajstić information content (AvgIpc) is 3.40. The van der Waals surface area contributed by atoms with Gasteiger partial charge in [-0.3, -0.25) is 4.79 Å². The maximum absolute atomic E-state index is 12.3. The summed E-state index contributed by atoms with van der Waals surface area (Å²) in [6.07, 6.45) is 8.32. The highest BCUT2D eigenvalue weighted by molar-refractivity contribution is 8.01. The molecule has 202 valence electrons. The van der Waals surface area contributed by atoms with Gasteiger partial charge in [-0.2, -0.15) is 0 Å². The Morgan fingerprint density at radius 3 is 2.61 bits per heavy atom. The molecule has 10 heteroatoms. The average molecular weight is 541 g/mol. The number of carbonyl (C=O) groups is 2. The summed E-state index contributed by atoms with van der Waals surface area (Å²) in [5, 5.41) is 9.06. The van der Waals surface area contributed by atoms with E-state index in [1.807, 2.05) is 32.0 Å². The van der Waals surface area contributed by atoms with E-state index in [1.165, 1.54) is 54.3 Å². The molecule has 3 aliphatic heterocycles. The first-order valence-electron chi connectivity index (χ1n) is 12.8. The number of amides is 1. The third-order valence-corrected chi connectivity index (χ3v) is 10.2.